The number of benzene rings is 1. The van der Waals surface area contributed by atoms with Crippen molar-refractivity contribution in [3.8, 4) is 0 Å². The summed E-state index contributed by atoms with van der Waals surface area (Å²) >= 11 is 1.67. The molecule has 4 rings (SSSR count). The number of halogens is 1. The fourth-order valence-electron chi connectivity index (χ4n) is 3.96. The van der Waals surface area contributed by atoms with Crippen LogP contribution in [-0.4, -0.2) is 22.2 Å². The monoisotopic (exact) mass is 406 g/mol. The zero-order valence-corrected chi connectivity index (χ0v) is 17.3. The van der Waals surface area contributed by atoms with Crippen molar-refractivity contribution in [3.05, 3.63) is 93.7 Å². The molecule has 0 radical (unpaired) electrons. The molecule has 0 bridgehead atoms. The molecule has 3 heterocycles. The third kappa shape index (κ3) is 4.07. The number of thiophene rings is 1. The number of carbonyl (C=O) groups excluding carboxylic acids is 1. The molecule has 0 spiro atoms. The van der Waals surface area contributed by atoms with Crippen molar-refractivity contribution in [1.82, 2.24) is 9.88 Å². The minimum Gasteiger partial charge on any atom is -0.294 e. The summed E-state index contributed by atoms with van der Waals surface area (Å²) in [6.07, 6.45) is 3.52. The summed E-state index contributed by atoms with van der Waals surface area (Å²) in [7, 11) is 0. The summed E-state index contributed by atoms with van der Waals surface area (Å²) in [6.45, 7) is 5.14. The molecule has 1 aromatic carbocycles. The predicted molar refractivity (Wildman–Crippen MR) is 115 cm³/mol. The predicted octanol–water partition coefficient (Wildman–Crippen LogP) is 5.52. The summed E-state index contributed by atoms with van der Waals surface area (Å²) in [4.78, 5) is 21.2. The second-order valence-electron chi connectivity index (χ2n) is 7.98. The molecule has 1 aliphatic heterocycles. The van der Waals surface area contributed by atoms with Crippen LogP contribution in [0.5, 0.6) is 0 Å². The Morgan fingerprint density at radius 3 is 2.66 bits per heavy atom. The van der Waals surface area contributed by atoms with Crippen LogP contribution in [-0.2, 0) is 11.3 Å². The molecule has 1 aliphatic rings. The van der Waals surface area contributed by atoms with Gasteiger partial charge < -0.3 is 0 Å². The number of nitrogens with zero attached hydrogens (tertiary/aromatic N) is 2. The molecule has 0 amide bonds. The molecule has 2 aromatic heterocycles. The number of aromatic nitrogens is 1. The van der Waals surface area contributed by atoms with E-state index in [9.17, 15) is 9.18 Å². The normalized spacial score (nSPS) is 20.9. The van der Waals surface area contributed by atoms with Crippen LogP contribution in [0.1, 0.15) is 36.0 Å². The van der Waals surface area contributed by atoms with Crippen molar-refractivity contribution in [2.24, 2.45) is 5.41 Å². The van der Waals surface area contributed by atoms with Gasteiger partial charge >= 0.3 is 0 Å². The van der Waals surface area contributed by atoms with E-state index >= 15 is 0 Å². The molecule has 1 saturated heterocycles. The minimum absolute atomic E-state index is 0.0406. The lowest BCUT2D eigenvalue weighted by molar-refractivity contribution is -0.128. The van der Waals surface area contributed by atoms with Crippen LogP contribution in [0.3, 0.4) is 0 Å². The highest BCUT2D eigenvalue weighted by Gasteiger charge is 2.44. The van der Waals surface area contributed by atoms with E-state index in [2.05, 4.69) is 16.0 Å². The van der Waals surface area contributed by atoms with Gasteiger partial charge in [0, 0.05) is 40.7 Å². The van der Waals surface area contributed by atoms with Gasteiger partial charge in [-0.15, -0.1) is 11.3 Å². The molecule has 0 saturated carbocycles. The van der Waals surface area contributed by atoms with Crippen LogP contribution in [0, 0.1) is 11.2 Å². The minimum atomic E-state index is -0.570. The van der Waals surface area contributed by atoms with Crippen LogP contribution in [0.15, 0.2) is 71.7 Å². The quantitative estimate of drug-likeness (QED) is 0.535. The number of piperidine rings is 1. The first-order valence-corrected chi connectivity index (χ1v) is 10.5. The number of Topliss-reactive ketones (excluding diaryl/α,β-unsaturated/α-hetero) is 1. The fraction of sp³-hybridized carbons (Fsp3) is 0.250. The Hall–Kier alpha value is -2.63. The third-order valence-electron chi connectivity index (χ3n) is 5.26. The highest BCUT2D eigenvalue weighted by Crippen LogP contribution is 2.43. The van der Waals surface area contributed by atoms with Crippen LogP contribution in [0.2, 0.25) is 0 Å². The summed E-state index contributed by atoms with van der Waals surface area (Å²) in [5.41, 5.74) is 1.24. The van der Waals surface area contributed by atoms with Crippen LogP contribution in [0.25, 0.3) is 6.08 Å². The maximum atomic E-state index is 14.9. The van der Waals surface area contributed by atoms with Crippen LogP contribution < -0.4 is 0 Å². The lowest BCUT2D eigenvalue weighted by atomic mass is 9.74. The molecule has 29 heavy (non-hydrogen) atoms. The van der Waals surface area contributed by atoms with Gasteiger partial charge in [0.25, 0.3) is 0 Å². The Morgan fingerprint density at radius 2 is 1.97 bits per heavy atom. The molecule has 0 aliphatic carbocycles. The first-order chi connectivity index (χ1) is 14.0. The number of likely N-dealkylation sites (tertiary alicyclic amines) is 1. The van der Waals surface area contributed by atoms with Gasteiger partial charge in [0.15, 0.2) is 5.78 Å². The van der Waals surface area contributed by atoms with E-state index in [1.54, 1.807) is 29.7 Å². The molecule has 3 nitrogen and oxygen atoms in total. The van der Waals surface area contributed by atoms with E-state index in [1.807, 2.05) is 55.6 Å². The molecule has 1 unspecified atom stereocenters. The van der Waals surface area contributed by atoms with Gasteiger partial charge in [-0.1, -0.05) is 44.2 Å². The maximum Gasteiger partial charge on any atom is 0.167 e. The summed E-state index contributed by atoms with van der Waals surface area (Å²) < 4.78 is 14.9. The van der Waals surface area contributed by atoms with Gasteiger partial charge in [0.2, 0.25) is 0 Å². The SMILES string of the molecule is CC1(C)CN(Cc2cccs2)C(c2ccccc2F)C(=Cc2ccccn2)C1=O. The van der Waals surface area contributed by atoms with E-state index in [1.165, 1.54) is 10.9 Å². The van der Waals surface area contributed by atoms with E-state index in [4.69, 9.17) is 0 Å². The second-order valence-corrected chi connectivity index (χ2v) is 9.01. The zero-order chi connectivity index (χ0) is 20.4. The molecular formula is C24H23FN2OS. The van der Waals surface area contributed by atoms with E-state index in [-0.39, 0.29) is 11.6 Å². The number of rotatable bonds is 4. The average Bonchev–Trinajstić information content (AvgIpc) is 3.21. The maximum absolute atomic E-state index is 14.9. The van der Waals surface area contributed by atoms with Gasteiger partial charge in [-0.05, 0) is 35.7 Å². The molecule has 3 aromatic rings. The van der Waals surface area contributed by atoms with Crippen molar-refractivity contribution >= 4 is 23.2 Å². The molecule has 5 heteroatoms. The van der Waals surface area contributed by atoms with Gasteiger partial charge in [-0.25, -0.2) is 4.39 Å². The van der Waals surface area contributed by atoms with Crippen molar-refractivity contribution in [2.45, 2.75) is 26.4 Å². The number of pyridine rings is 1. The topological polar surface area (TPSA) is 33.2 Å². The molecular weight excluding hydrogens is 383 g/mol. The van der Waals surface area contributed by atoms with Crippen molar-refractivity contribution < 1.29 is 9.18 Å². The highest BCUT2D eigenvalue weighted by atomic mass is 32.1. The number of carbonyl (C=O) groups is 1. The van der Waals surface area contributed by atoms with Crippen LogP contribution in [0.4, 0.5) is 4.39 Å². The zero-order valence-electron chi connectivity index (χ0n) is 16.5. The Bertz CT molecular complexity index is 1030. The lowest BCUT2D eigenvalue weighted by Gasteiger charge is -2.44. The first-order valence-electron chi connectivity index (χ1n) is 9.64. The molecule has 148 valence electrons. The first kappa shape index (κ1) is 19.7. The van der Waals surface area contributed by atoms with E-state index in [0.717, 1.165) is 0 Å². The second kappa shape index (κ2) is 8.01. The highest BCUT2D eigenvalue weighted by molar-refractivity contribution is 7.09. The van der Waals surface area contributed by atoms with E-state index < -0.39 is 11.5 Å². The largest absolute Gasteiger partial charge is 0.294 e. The van der Waals surface area contributed by atoms with Crippen molar-refractivity contribution in [2.75, 3.05) is 6.54 Å². The van der Waals surface area contributed by atoms with Gasteiger partial charge in [-0.2, -0.15) is 0 Å². The summed E-state index contributed by atoms with van der Waals surface area (Å²) in [5, 5.41) is 2.04. The van der Waals surface area contributed by atoms with Gasteiger partial charge in [0.05, 0.1) is 11.7 Å². The number of hydrogen-bond acceptors (Lipinski definition) is 4. The molecule has 1 atom stereocenters. The fourth-order valence-corrected chi connectivity index (χ4v) is 4.69. The average molecular weight is 407 g/mol. The third-order valence-corrected chi connectivity index (χ3v) is 6.13. The van der Waals surface area contributed by atoms with Gasteiger partial charge in [-0.3, -0.25) is 14.7 Å². The van der Waals surface area contributed by atoms with Crippen LogP contribution >= 0.6 is 11.3 Å². The summed E-state index contributed by atoms with van der Waals surface area (Å²) in [5.74, 6) is -0.257. The Morgan fingerprint density at radius 1 is 1.17 bits per heavy atom. The Balaban J connectivity index is 1.87. The standard InChI is InChI=1S/C24H23FN2OS/c1-24(2)16-27(15-18-9-7-13-29-18)22(19-10-3-4-11-21(19)25)20(23(24)28)14-17-8-5-6-12-26-17/h3-14,22H,15-16H2,1-2H3. The smallest absolute Gasteiger partial charge is 0.167 e. The summed E-state index contributed by atoms with van der Waals surface area (Å²) in [6, 6.07) is 16.0. The Labute approximate surface area is 174 Å². The van der Waals surface area contributed by atoms with Crippen molar-refractivity contribution in [3.63, 3.8) is 0 Å². The lowest BCUT2D eigenvalue weighted by Crippen LogP contribution is -2.49. The molecule has 0 N–H and O–H groups in total. The number of hydrogen-bond donors (Lipinski definition) is 0. The molecule has 1 fully saturated rings. The van der Waals surface area contributed by atoms with Crippen molar-refractivity contribution in [1.29, 1.82) is 0 Å². The number of ketones is 1. The van der Waals surface area contributed by atoms with Gasteiger partial charge in [0.1, 0.15) is 5.82 Å². The Kier molecular flexibility index (Phi) is 5.43. The van der Waals surface area contributed by atoms with E-state index in [0.29, 0.717) is 29.9 Å².